The van der Waals surface area contributed by atoms with Crippen molar-refractivity contribution in [1.29, 1.82) is 0 Å². The van der Waals surface area contributed by atoms with Gasteiger partial charge in [-0.2, -0.15) is 0 Å². The average molecular weight is 364 g/mol. The van der Waals surface area contributed by atoms with E-state index in [2.05, 4.69) is 10.6 Å². The summed E-state index contributed by atoms with van der Waals surface area (Å²) in [6.45, 7) is 0. The van der Waals surface area contributed by atoms with Crippen LogP contribution in [0.1, 0.15) is 11.1 Å². The fourth-order valence-electron chi connectivity index (χ4n) is 1.97. The molecule has 1 aliphatic rings. The largest absolute Gasteiger partial charge is 0.341 e. The van der Waals surface area contributed by atoms with Crippen LogP contribution in [0.25, 0.3) is 6.08 Å². The van der Waals surface area contributed by atoms with E-state index in [0.29, 0.717) is 17.3 Å². The van der Waals surface area contributed by atoms with Crippen molar-refractivity contribution in [2.75, 3.05) is 7.05 Å². The van der Waals surface area contributed by atoms with Crippen LogP contribution < -0.4 is 16.0 Å². The Bertz CT molecular complexity index is 820. The van der Waals surface area contributed by atoms with Crippen LogP contribution >= 0.6 is 11.8 Å². The number of imide groups is 2. The summed E-state index contributed by atoms with van der Waals surface area (Å²) in [4.78, 5) is 56.1. The Morgan fingerprint density at radius 3 is 2.64 bits per heavy atom. The Kier molecular flexibility index (Phi) is 5.49. The third-order valence-corrected chi connectivity index (χ3v) is 3.89. The molecule has 1 heterocycles. The van der Waals surface area contributed by atoms with Gasteiger partial charge in [0.1, 0.15) is 0 Å². The summed E-state index contributed by atoms with van der Waals surface area (Å²) in [5, 5.41) is 17.0. The first-order valence-corrected chi connectivity index (χ1v) is 7.65. The molecule has 0 spiro atoms. The number of nitro benzene ring substituents is 1. The number of carbonyl (C=O) groups excluding carboxylic acids is 4. The van der Waals surface area contributed by atoms with Crippen LogP contribution in [-0.2, 0) is 16.0 Å². The van der Waals surface area contributed by atoms with Gasteiger partial charge in [0.05, 0.1) is 16.2 Å². The van der Waals surface area contributed by atoms with Crippen molar-refractivity contribution in [3.63, 3.8) is 0 Å². The lowest BCUT2D eigenvalue weighted by molar-refractivity contribution is -0.385. The van der Waals surface area contributed by atoms with Crippen molar-refractivity contribution in [1.82, 2.24) is 16.0 Å². The molecule has 1 saturated heterocycles. The number of hydrogen-bond donors (Lipinski definition) is 3. The van der Waals surface area contributed by atoms with Gasteiger partial charge in [-0.25, -0.2) is 4.79 Å². The Morgan fingerprint density at radius 2 is 2.08 bits per heavy atom. The monoisotopic (exact) mass is 364 g/mol. The topological polar surface area (TPSA) is 148 Å². The van der Waals surface area contributed by atoms with Crippen LogP contribution in [0.4, 0.5) is 15.3 Å². The first-order valence-electron chi connectivity index (χ1n) is 6.84. The first kappa shape index (κ1) is 18.1. The van der Waals surface area contributed by atoms with Crippen molar-refractivity contribution in [2.45, 2.75) is 6.42 Å². The molecule has 3 N–H and O–H groups in total. The quantitative estimate of drug-likeness (QED) is 0.409. The maximum absolute atomic E-state index is 11.7. The van der Waals surface area contributed by atoms with Gasteiger partial charge in [0.15, 0.2) is 0 Å². The zero-order valence-electron chi connectivity index (χ0n) is 12.8. The summed E-state index contributed by atoms with van der Waals surface area (Å²) in [7, 11) is 1.33. The molecule has 0 bridgehead atoms. The highest BCUT2D eigenvalue weighted by molar-refractivity contribution is 8.18. The van der Waals surface area contributed by atoms with Crippen molar-refractivity contribution < 1.29 is 24.1 Å². The van der Waals surface area contributed by atoms with E-state index in [9.17, 15) is 29.3 Å². The molecule has 1 fully saturated rings. The van der Waals surface area contributed by atoms with Crippen LogP contribution in [0.5, 0.6) is 0 Å². The maximum atomic E-state index is 11.7. The lowest BCUT2D eigenvalue weighted by Gasteiger charge is -2.05. The number of benzene rings is 1. The normalized spacial score (nSPS) is 15.0. The Labute approximate surface area is 145 Å². The summed E-state index contributed by atoms with van der Waals surface area (Å²) in [6.07, 6.45) is 0.973. The molecular weight excluding hydrogens is 352 g/mol. The number of nitrogens with one attached hydrogen (secondary N) is 3. The second-order valence-corrected chi connectivity index (χ2v) is 5.82. The summed E-state index contributed by atoms with van der Waals surface area (Å²) >= 11 is 0.690. The molecule has 0 unspecified atom stereocenters. The lowest BCUT2D eigenvalue weighted by Crippen LogP contribution is -2.38. The fourth-order valence-corrected chi connectivity index (χ4v) is 2.65. The molecule has 0 aliphatic carbocycles. The summed E-state index contributed by atoms with van der Waals surface area (Å²) in [6, 6.07) is 3.29. The number of nitrogens with zero attached hydrogens (tertiary/aromatic N) is 1. The molecule has 5 amide bonds. The Hall–Kier alpha value is -3.21. The highest BCUT2D eigenvalue weighted by Gasteiger charge is 2.25. The van der Waals surface area contributed by atoms with Gasteiger partial charge in [-0.3, -0.25) is 35.1 Å². The van der Waals surface area contributed by atoms with E-state index in [1.807, 2.05) is 5.32 Å². The molecule has 0 radical (unpaired) electrons. The molecule has 0 saturated carbocycles. The lowest BCUT2D eigenvalue weighted by atomic mass is 10.1. The van der Waals surface area contributed by atoms with Gasteiger partial charge in [0, 0.05) is 18.7 Å². The van der Waals surface area contributed by atoms with Gasteiger partial charge >= 0.3 is 6.03 Å². The zero-order chi connectivity index (χ0) is 18.6. The number of nitro groups is 1. The molecule has 0 aromatic heterocycles. The summed E-state index contributed by atoms with van der Waals surface area (Å²) in [5.74, 6) is -1.28. The fraction of sp³-hybridized carbons (Fsp3) is 0.143. The van der Waals surface area contributed by atoms with Crippen LogP contribution in [0.2, 0.25) is 0 Å². The van der Waals surface area contributed by atoms with Gasteiger partial charge in [0.25, 0.3) is 16.8 Å². The summed E-state index contributed by atoms with van der Waals surface area (Å²) < 4.78 is 0. The van der Waals surface area contributed by atoms with E-state index in [1.165, 1.54) is 31.3 Å². The highest BCUT2D eigenvalue weighted by atomic mass is 32.2. The van der Waals surface area contributed by atoms with Crippen LogP contribution in [0, 0.1) is 10.1 Å². The number of carbonyl (C=O) groups is 4. The smallest absolute Gasteiger partial charge is 0.321 e. The zero-order valence-corrected chi connectivity index (χ0v) is 13.6. The highest BCUT2D eigenvalue weighted by Crippen LogP contribution is 2.28. The van der Waals surface area contributed by atoms with Gasteiger partial charge in [-0.05, 0) is 23.4 Å². The molecule has 130 valence electrons. The van der Waals surface area contributed by atoms with Crippen molar-refractivity contribution >= 4 is 46.6 Å². The predicted octanol–water partition coefficient (Wildman–Crippen LogP) is 0.917. The molecule has 2 rings (SSSR count). The van der Waals surface area contributed by atoms with Gasteiger partial charge in [-0.1, -0.05) is 12.1 Å². The van der Waals surface area contributed by atoms with E-state index < -0.39 is 28.0 Å². The molecule has 1 aliphatic heterocycles. The Morgan fingerprint density at radius 1 is 1.36 bits per heavy atom. The van der Waals surface area contributed by atoms with E-state index in [1.54, 1.807) is 0 Å². The SMILES string of the molecule is CNC(=O)NC(=O)Cc1ccc(/C=C2\SC(=O)NC2=O)cc1[N+](=O)[O-]. The van der Waals surface area contributed by atoms with E-state index in [-0.39, 0.29) is 22.6 Å². The average Bonchev–Trinajstić information content (AvgIpc) is 2.85. The molecule has 1 aromatic carbocycles. The van der Waals surface area contributed by atoms with Crippen molar-refractivity contribution in [3.05, 3.63) is 44.3 Å². The third-order valence-electron chi connectivity index (χ3n) is 3.08. The van der Waals surface area contributed by atoms with E-state index in [0.717, 1.165) is 0 Å². The second-order valence-electron chi connectivity index (χ2n) is 4.80. The number of amides is 5. The molecular formula is C14H12N4O6S. The molecule has 11 heteroatoms. The minimum Gasteiger partial charge on any atom is -0.341 e. The number of rotatable bonds is 4. The molecule has 25 heavy (non-hydrogen) atoms. The molecule has 10 nitrogen and oxygen atoms in total. The van der Waals surface area contributed by atoms with Gasteiger partial charge in [-0.15, -0.1) is 0 Å². The number of urea groups is 1. The molecule has 0 atom stereocenters. The molecule has 1 aromatic rings. The van der Waals surface area contributed by atoms with Gasteiger partial charge in [0.2, 0.25) is 5.91 Å². The third kappa shape index (κ3) is 4.64. The van der Waals surface area contributed by atoms with E-state index in [4.69, 9.17) is 0 Å². The van der Waals surface area contributed by atoms with Crippen LogP contribution in [0.3, 0.4) is 0 Å². The minimum atomic E-state index is -0.719. The van der Waals surface area contributed by atoms with Crippen molar-refractivity contribution in [2.24, 2.45) is 0 Å². The van der Waals surface area contributed by atoms with Crippen LogP contribution in [0.15, 0.2) is 23.1 Å². The van der Waals surface area contributed by atoms with Crippen molar-refractivity contribution in [3.8, 4) is 0 Å². The maximum Gasteiger partial charge on any atom is 0.321 e. The second kappa shape index (κ2) is 7.57. The Balaban J connectivity index is 2.26. The summed E-state index contributed by atoms with van der Waals surface area (Å²) in [5.41, 5.74) is 0.0961. The minimum absolute atomic E-state index is 0.105. The van der Waals surface area contributed by atoms with Gasteiger partial charge < -0.3 is 5.32 Å². The number of thioether (sulfide) groups is 1. The van der Waals surface area contributed by atoms with E-state index >= 15 is 0 Å². The standard InChI is InChI=1S/C14H12N4O6S/c1-15-13(21)16-11(19)6-8-3-2-7(4-9(8)18(23)24)5-10-12(20)17-14(22)25-10/h2-5H,6H2,1H3,(H,17,20,22)(H2,15,16,19,21)/b10-5-. The predicted molar refractivity (Wildman–Crippen MR) is 88.5 cm³/mol. The van der Waals surface area contributed by atoms with Crippen LogP contribution in [-0.4, -0.2) is 35.1 Å². The first-order chi connectivity index (χ1) is 11.8. The number of hydrogen-bond acceptors (Lipinski definition) is 7.